The minimum absolute atomic E-state index is 0.0303. The van der Waals surface area contributed by atoms with Crippen LogP contribution in [0.1, 0.15) is 5.56 Å². The molecule has 0 aliphatic carbocycles. The average molecular weight is 295 g/mol. The van der Waals surface area contributed by atoms with Crippen LogP contribution in [0.2, 0.25) is 5.28 Å². The second-order valence-corrected chi connectivity index (χ2v) is 5.50. The number of nitrogens with one attached hydrogen (secondary N) is 1. The number of nitriles is 1. The molecule has 1 N–H and O–H groups in total. The highest BCUT2D eigenvalue weighted by Gasteiger charge is 2.15. The van der Waals surface area contributed by atoms with Crippen molar-refractivity contribution in [3.63, 3.8) is 0 Å². The topological polar surface area (TPSA) is 95.7 Å². The minimum Gasteiger partial charge on any atom is -0.280 e. The monoisotopic (exact) mass is 294 g/mol. The summed E-state index contributed by atoms with van der Waals surface area (Å²) >= 11 is 5.49. The molecule has 1 heterocycles. The molecule has 0 aliphatic heterocycles. The van der Waals surface area contributed by atoms with Crippen LogP contribution in [0.3, 0.4) is 0 Å². The summed E-state index contributed by atoms with van der Waals surface area (Å²) in [5, 5.41) is 8.62. The summed E-state index contributed by atoms with van der Waals surface area (Å²) in [5.74, 6) is 0. The Hall–Kier alpha value is -2.17. The van der Waals surface area contributed by atoms with Gasteiger partial charge in [-0.25, -0.2) is 18.4 Å². The van der Waals surface area contributed by atoms with Crippen LogP contribution in [0.4, 0.5) is 5.69 Å². The number of hydrogen-bond donors (Lipinski definition) is 1. The maximum Gasteiger partial charge on any atom is 0.264 e. The van der Waals surface area contributed by atoms with E-state index in [9.17, 15) is 8.42 Å². The number of nitrogens with zero attached hydrogens (tertiary/aromatic N) is 3. The lowest BCUT2D eigenvalue weighted by molar-refractivity contribution is 0.600. The third-order valence-electron chi connectivity index (χ3n) is 2.17. The van der Waals surface area contributed by atoms with Gasteiger partial charge < -0.3 is 0 Å². The summed E-state index contributed by atoms with van der Waals surface area (Å²) in [6.07, 6.45) is 2.22. The SMILES string of the molecule is N#Cc1ccc(NS(=O)(=O)c2cnc(Cl)nc2)cc1. The molecule has 96 valence electrons. The summed E-state index contributed by atoms with van der Waals surface area (Å²) in [6, 6.07) is 7.95. The molecule has 0 saturated heterocycles. The maximum absolute atomic E-state index is 12.0. The zero-order chi connectivity index (χ0) is 13.9. The van der Waals surface area contributed by atoms with E-state index in [1.54, 1.807) is 0 Å². The molecular weight excluding hydrogens is 288 g/mol. The molecule has 0 saturated carbocycles. The van der Waals surface area contributed by atoms with E-state index in [1.165, 1.54) is 24.3 Å². The number of benzene rings is 1. The normalized spacial score (nSPS) is 10.7. The van der Waals surface area contributed by atoms with Gasteiger partial charge in [0.15, 0.2) is 0 Å². The van der Waals surface area contributed by atoms with Crippen molar-refractivity contribution in [1.29, 1.82) is 5.26 Å². The molecule has 8 heteroatoms. The van der Waals surface area contributed by atoms with Crippen LogP contribution in [0.15, 0.2) is 41.6 Å². The fourth-order valence-corrected chi connectivity index (χ4v) is 2.31. The van der Waals surface area contributed by atoms with Crippen LogP contribution in [0.25, 0.3) is 0 Å². The molecule has 0 aliphatic rings. The van der Waals surface area contributed by atoms with Crippen molar-refractivity contribution in [2.24, 2.45) is 0 Å². The van der Waals surface area contributed by atoms with Gasteiger partial charge in [0, 0.05) is 5.69 Å². The van der Waals surface area contributed by atoms with Gasteiger partial charge in [-0.2, -0.15) is 5.26 Å². The van der Waals surface area contributed by atoms with Gasteiger partial charge >= 0.3 is 0 Å². The fraction of sp³-hybridized carbons (Fsp3) is 0. The Balaban J connectivity index is 2.26. The van der Waals surface area contributed by atoms with E-state index in [1.807, 2.05) is 6.07 Å². The largest absolute Gasteiger partial charge is 0.280 e. The van der Waals surface area contributed by atoms with E-state index in [0.29, 0.717) is 11.3 Å². The molecule has 1 aromatic heterocycles. The van der Waals surface area contributed by atoms with Crippen LogP contribution in [-0.2, 0) is 10.0 Å². The molecular formula is C11H7ClN4O2S. The molecule has 0 amide bonds. The van der Waals surface area contributed by atoms with Crippen molar-refractivity contribution in [1.82, 2.24) is 9.97 Å². The van der Waals surface area contributed by atoms with E-state index in [4.69, 9.17) is 16.9 Å². The van der Waals surface area contributed by atoms with Crippen molar-refractivity contribution >= 4 is 27.3 Å². The zero-order valence-corrected chi connectivity index (χ0v) is 11.0. The molecule has 0 radical (unpaired) electrons. The van der Waals surface area contributed by atoms with Crippen LogP contribution >= 0.6 is 11.6 Å². The molecule has 0 atom stereocenters. The first kappa shape index (κ1) is 13.3. The number of hydrogen-bond acceptors (Lipinski definition) is 5. The second-order valence-electron chi connectivity index (χ2n) is 3.48. The molecule has 0 spiro atoms. The summed E-state index contributed by atoms with van der Waals surface area (Å²) < 4.78 is 26.3. The van der Waals surface area contributed by atoms with Gasteiger partial charge in [0.2, 0.25) is 5.28 Å². The van der Waals surface area contributed by atoms with Crippen molar-refractivity contribution in [3.8, 4) is 6.07 Å². The summed E-state index contributed by atoms with van der Waals surface area (Å²) in [5.41, 5.74) is 0.784. The fourth-order valence-electron chi connectivity index (χ4n) is 1.27. The Kier molecular flexibility index (Phi) is 3.64. The van der Waals surface area contributed by atoms with Gasteiger partial charge in [0.05, 0.1) is 24.0 Å². The Morgan fingerprint density at radius 1 is 1.16 bits per heavy atom. The summed E-state index contributed by atoms with van der Waals surface area (Å²) in [7, 11) is -3.77. The lowest BCUT2D eigenvalue weighted by Crippen LogP contribution is -2.13. The number of aromatic nitrogens is 2. The first-order valence-corrected chi connectivity index (χ1v) is 6.88. The second kappa shape index (κ2) is 5.22. The van der Waals surface area contributed by atoms with Crippen LogP contribution in [0, 0.1) is 11.3 Å². The maximum atomic E-state index is 12.0. The van der Waals surface area contributed by atoms with E-state index in [0.717, 1.165) is 12.4 Å². The van der Waals surface area contributed by atoms with Crippen LogP contribution in [-0.4, -0.2) is 18.4 Å². The Morgan fingerprint density at radius 3 is 2.26 bits per heavy atom. The first-order valence-electron chi connectivity index (χ1n) is 5.02. The smallest absolute Gasteiger partial charge is 0.264 e. The third-order valence-corrected chi connectivity index (χ3v) is 3.70. The van der Waals surface area contributed by atoms with Gasteiger partial charge in [0.1, 0.15) is 4.90 Å². The zero-order valence-electron chi connectivity index (χ0n) is 9.41. The highest BCUT2D eigenvalue weighted by molar-refractivity contribution is 7.92. The van der Waals surface area contributed by atoms with Gasteiger partial charge in [-0.3, -0.25) is 4.72 Å². The van der Waals surface area contributed by atoms with E-state index < -0.39 is 10.0 Å². The van der Waals surface area contributed by atoms with Crippen molar-refractivity contribution in [2.75, 3.05) is 4.72 Å². The van der Waals surface area contributed by atoms with E-state index >= 15 is 0 Å². The molecule has 19 heavy (non-hydrogen) atoms. The number of sulfonamides is 1. The van der Waals surface area contributed by atoms with Crippen molar-refractivity contribution in [2.45, 2.75) is 4.90 Å². The van der Waals surface area contributed by atoms with Crippen LogP contribution in [0.5, 0.6) is 0 Å². The molecule has 0 bridgehead atoms. The van der Waals surface area contributed by atoms with E-state index in [2.05, 4.69) is 14.7 Å². The minimum atomic E-state index is -3.77. The molecule has 0 fully saturated rings. The highest BCUT2D eigenvalue weighted by atomic mass is 35.5. The number of halogens is 1. The van der Waals surface area contributed by atoms with Gasteiger partial charge in [-0.15, -0.1) is 0 Å². The van der Waals surface area contributed by atoms with Gasteiger partial charge in [-0.1, -0.05) is 0 Å². The molecule has 2 rings (SSSR count). The summed E-state index contributed by atoms with van der Waals surface area (Å²) in [6.45, 7) is 0. The Labute approximate surface area is 114 Å². The van der Waals surface area contributed by atoms with Crippen molar-refractivity contribution < 1.29 is 8.42 Å². The molecule has 1 aromatic carbocycles. The van der Waals surface area contributed by atoms with Crippen molar-refractivity contribution in [3.05, 3.63) is 47.5 Å². The quantitative estimate of drug-likeness (QED) is 0.871. The lowest BCUT2D eigenvalue weighted by atomic mass is 10.2. The van der Waals surface area contributed by atoms with Gasteiger partial charge in [-0.05, 0) is 35.9 Å². The standard InChI is InChI=1S/C11H7ClN4O2S/c12-11-14-6-10(7-15-11)19(17,18)16-9-3-1-8(5-13)2-4-9/h1-4,6-7,16H. The average Bonchev–Trinajstić information content (AvgIpc) is 2.40. The number of anilines is 1. The Morgan fingerprint density at radius 2 is 1.74 bits per heavy atom. The first-order chi connectivity index (χ1) is 9.01. The van der Waals surface area contributed by atoms with Gasteiger partial charge in [0.25, 0.3) is 10.0 Å². The molecule has 6 nitrogen and oxygen atoms in total. The molecule has 2 aromatic rings. The predicted molar refractivity (Wildman–Crippen MR) is 69.0 cm³/mol. The predicted octanol–water partition coefficient (Wildman–Crippen LogP) is 1.80. The third kappa shape index (κ3) is 3.19. The highest BCUT2D eigenvalue weighted by Crippen LogP contribution is 2.15. The van der Waals surface area contributed by atoms with E-state index in [-0.39, 0.29) is 10.2 Å². The van der Waals surface area contributed by atoms with Crippen LogP contribution < -0.4 is 4.72 Å². The Bertz CT molecular complexity index is 721. The lowest BCUT2D eigenvalue weighted by Gasteiger charge is -2.07. The number of rotatable bonds is 3. The summed E-state index contributed by atoms with van der Waals surface area (Å²) in [4.78, 5) is 7.12. The molecule has 0 unspecified atom stereocenters.